The van der Waals surface area contributed by atoms with Crippen LogP contribution in [0.2, 0.25) is 0 Å². The molecule has 2 unspecified atom stereocenters. The monoisotopic (exact) mass is 552 g/mol. The second-order valence-corrected chi connectivity index (χ2v) is 10.7. The molecule has 1 heterocycles. The van der Waals surface area contributed by atoms with Crippen LogP contribution in [0.25, 0.3) is 10.9 Å². The topological polar surface area (TPSA) is 34.0 Å². The van der Waals surface area contributed by atoms with Crippen LogP contribution in [0, 0.1) is 5.82 Å². The Morgan fingerprint density at radius 2 is 1.26 bits per heavy atom. The van der Waals surface area contributed by atoms with Gasteiger partial charge in [-0.15, -0.1) is 0 Å². The lowest BCUT2D eigenvalue weighted by Gasteiger charge is -2.22. The van der Waals surface area contributed by atoms with E-state index in [0.717, 1.165) is 33.2 Å². The van der Waals surface area contributed by atoms with E-state index in [1.807, 2.05) is 78.9 Å². The van der Waals surface area contributed by atoms with Crippen LogP contribution >= 0.6 is 0 Å². The van der Waals surface area contributed by atoms with E-state index in [1.165, 1.54) is 17.7 Å². The molecule has 0 spiro atoms. The van der Waals surface area contributed by atoms with Crippen LogP contribution < -0.4 is 5.32 Å². The highest BCUT2D eigenvalue weighted by Crippen LogP contribution is 2.35. The molecule has 1 amide bonds. The van der Waals surface area contributed by atoms with Gasteiger partial charge in [0.15, 0.2) is 0 Å². The predicted molar refractivity (Wildman–Crippen MR) is 168 cm³/mol. The summed E-state index contributed by atoms with van der Waals surface area (Å²) in [6.45, 7) is 0.613. The fourth-order valence-electron chi connectivity index (χ4n) is 5.79. The van der Waals surface area contributed by atoms with Gasteiger partial charge in [0, 0.05) is 36.0 Å². The molecule has 2 atom stereocenters. The number of halogens is 1. The van der Waals surface area contributed by atoms with Crippen LogP contribution in [0.4, 0.5) is 4.39 Å². The van der Waals surface area contributed by atoms with Crippen LogP contribution in [0.1, 0.15) is 46.2 Å². The largest absolute Gasteiger partial charge is 0.349 e. The van der Waals surface area contributed by atoms with Crippen molar-refractivity contribution in [2.24, 2.45) is 0 Å². The van der Waals surface area contributed by atoms with Gasteiger partial charge in [-0.2, -0.15) is 0 Å². The van der Waals surface area contributed by atoms with Gasteiger partial charge >= 0.3 is 0 Å². The van der Waals surface area contributed by atoms with E-state index in [-0.39, 0.29) is 23.7 Å². The van der Waals surface area contributed by atoms with Crippen molar-refractivity contribution in [3.63, 3.8) is 0 Å². The highest BCUT2D eigenvalue weighted by Gasteiger charge is 2.24. The summed E-state index contributed by atoms with van der Waals surface area (Å²) in [6, 6.07) is 45.5. The molecule has 0 aliphatic rings. The minimum absolute atomic E-state index is 0.00371. The van der Waals surface area contributed by atoms with Crippen LogP contribution in [0.5, 0.6) is 0 Å². The minimum atomic E-state index is -0.243. The van der Waals surface area contributed by atoms with Gasteiger partial charge in [-0.05, 0) is 52.4 Å². The summed E-state index contributed by atoms with van der Waals surface area (Å²) >= 11 is 0. The third-order valence-electron chi connectivity index (χ3n) is 7.87. The molecule has 1 N–H and O–H groups in total. The van der Waals surface area contributed by atoms with Crippen molar-refractivity contribution in [3.05, 3.63) is 179 Å². The summed E-state index contributed by atoms with van der Waals surface area (Å²) in [7, 11) is 0. The van der Waals surface area contributed by atoms with Gasteiger partial charge in [-0.1, -0.05) is 121 Å². The van der Waals surface area contributed by atoms with E-state index in [4.69, 9.17) is 0 Å². The number of hydrogen-bond donors (Lipinski definition) is 1. The zero-order chi connectivity index (χ0) is 28.7. The van der Waals surface area contributed by atoms with E-state index in [2.05, 4.69) is 64.6 Å². The molecule has 42 heavy (non-hydrogen) atoms. The highest BCUT2D eigenvalue weighted by molar-refractivity contribution is 5.87. The van der Waals surface area contributed by atoms with Gasteiger partial charge < -0.3 is 9.88 Å². The summed E-state index contributed by atoms with van der Waals surface area (Å²) < 4.78 is 15.8. The third-order valence-corrected chi connectivity index (χ3v) is 7.87. The van der Waals surface area contributed by atoms with E-state index < -0.39 is 0 Å². The normalized spacial score (nSPS) is 12.6. The van der Waals surface area contributed by atoms with Gasteiger partial charge in [0.05, 0.1) is 6.04 Å². The summed E-state index contributed by atoms with van der Waals surface area (Å²) in [5.74, 6) is -0.379. The average Bonchev–Trinajstić information content (AvgIpc) is 3.40. The average molecular weight is 553 g/mol. The van der Waals surface area contributed by atoms with Gasteiger partial charge in [0.25, 0.3) is 0 Å². The Hall–Kier alpha value is -4.96. The fraction of sp³-hybridized carbons (Fsp3) is 0.132. The minimum Gasteiger partial charge on any atom is -0.349 e. The fourth-order valence-corrected chi connectivity index (χ4v) is 5.79. The summed E-state index contributed by atoms with van der Waals surface area (Å²) in [4.78, 5) is 13.9. The molecule has 5 aromatic carbocycles. The standard InChI is InChI=1S/C38H33FN2O/c39-32-22-20-29(21-23-32)26-41-27-35(33-18-10-11-19-37(33)41)34(30-14-6-2-7-15-30)25-38(42)40-36(31-16-8-3-9-17-31)24-28-12-4-1-5-13-28/h1-23,27,34,36H,24-26H2,(H,40,42). The zero-order valence-corrected chi connectivity index (χ0v) is 23.4. The molecule has 0 saturated carbocycles. The maximum atomic E-state index is 13.9. The number of rotatable bonds is 10. The third kappa shape index (κ3) is 6.34. The van der Waals surface area contributed by atoms with Gasteiger partial charge in [-0.25, -0.2) is 4.39 Å². The number of aromatic nitrogens is 1. The zero-order valence-electron chi connectivity index (χ0n) is 23.4. The number of fused-ring (bicyclic) bond motifs is 1. The molecule has 0 radical (unpaired) electrons. The summed E-state index contributed by atoms with van der Waals surface area (Å²) in [5.41, 5.74) is 6.57. The lowest BCUT2D eigenvalue weighted by atomic mass is 9.87. The van der Waals surface area contributed by atoms with Crippen LogP contribution in [0.15, 0.2) is 146 Å². The molecule has 0 aliphatic heterocycles. The van der Waals surface area contributed by atoms with Crippen LogP contribution in [-0.2, 0) is 17.8 Å². The molecule has 0 bridgehead atoms. The van der Waals surface area contributed by atoms with Crippen molar-refractivity contribution in [2.75, 3.05) is 0 Å². The first kappa shape index (κ1) is 27.2. The Morgan fingerprint density at radius 3 is 1.95 bits per heavy atom. The molecule has 6 aromatic rings. The smallest absolute Gasteiger partial charge is 0.221 e. The maximum Gasteiger partial charge on any atom is 0.221 e. The molecule has 4 heteroatoms. The van der Waals surface area contributed by atoms with Crippen molar-refractivity contribution in [2.45, 2.75) is 31.3 Å². The Morgan fingerprint density at radius 1 is 0.667 bits per heavy atom. The number of nitrogens with zero attached hydrogens (tertiary/aromatic N) is 1. The van der Waals surface area contributed by atoms with E-state index in [0.29, 0.717) is 19.4 Å². The van der Waals surface area contributed by atoms with Gasteiger partial charge in [-0.3, -0.25) is 4.79 Å². The first-order valence-electron chi connectivity index (χ1n) is 14.4. The number of para-hydroxylation sites is 1. The first-order valence-corrected chi connectivity index (χ1v) is 14.4. The van der Waals surface area contributed by atoms with Gasteiger partial charge in [0.2, 0.25) is 5.91 Å². The molecule has 1 aromatic heterocycles. The van der Waals surface area contributed by atoms with E-state index in [1.54, 1.807) is 0 Å². The van der Waals surface area contributed by atoms with Crippen LogP contribution in [-0.4, -0.2) is 10.5 Å². The molecule has 3 nitrogen and oxygen atoms in total. The van der Waals surface area contributed by atoms with E-state index in [9.17, 15) is 9.18 Å². The highest BCUT2D eigenvalue weighted by atomic mass is 19.1. The molecule has 0 aliphatic carbocycles. The predicted octanol–water partition coefficient (Wildman–Crippen LogP) is 8.45. The number of carbonyl (C=O) groups is 1. The number of benzene rings is 5. The van der Waals surface area contributed by atoms with E-state index >= 15 is 0 Å². The van der Waals surface area contributed by atoms with Crippen molar-refractivity contribution in [1.82, 2.24) is 9.88 Å². The molecule has 208 valence electrons. The molecule has 6 rings (SSSR count). The van der Waals surface area contributed by atoms with Crippen molar-refractivity contribution in [3.8, 4) is 0 Å². The molecule has 0 fully saturated rings. The summed E-state index contributed by atoms with van der Waals surface area (Å²) in [5, 5.41) is 4.49. The Kier molecular flexibility index (Phi) is 8.23. The SMILES string of the molecule is O=C(CC(c1ccccc1)c1cn(Cc2ccc(F)cc2)c2ccccc12)NC(Cc1ccccc1)c1ccccc1. The summed E-state index contributed by atoms with van der Waals surface area (Å²) in [6.07, 6.45) is 3.19. The number of carbonyl (C=O) groups excluding carboxylic acids is 1. The maximum absolute atomic E-state index is 13.9. The Balaban J connectivity index is 1.33. The lowest BCUT2D eigenvalue weighted by Crippen LogP contribution is -2.31. The Labute approximate surface area is 246 Å². The van der Waals surface area contributed by atoms with Crippen molar-refractivity contribution < 1.29 is 9.18 Å². The quantitative estimate of drug-likeness (QED) is 0.182. The molecular formula is C38H33FN2O. The van der Waals surface area contributed by atoms with Gasteiger partial charge in [0.1, 0.15) is 5.82 Å². The lowest BCUT2D eigenvalue weighted by molar-refractivity contribution is -0.122. The van der Waals surface area contributed by atoms with Crippen LogP contribution in [0.3, 0.4) is 0 Å². The van der Waals surface area contributed by atoms with Crippen molar-refractivity contribution >= 4 is 16.8 Å². The Bertz CT molecular complexity index is 1750. The second-order valence-electron chi connectivity index (χ2n) is 10.7. The first-order chi connectivity index (χ1) is 20.6. The molecule has 0 saturated heterocycles. The second kappa shape index (κ2) is 12.7. The number of hydrogen-bond acceptors (Lipinski definition) is 1. The molecular weight excluding hydrogens is 519 g/mol. The number of amides is 1. The number of nitrogens with one attached hydrogen (secondary N) is 1. The van der Waals surface area contributed by atoms with Crippen molar-refractivity contribution in [1.29, 1.82) is 0 Å².